The molecule has 0 aliphatic carbocycles. The molecule has 0 aliphatic heterocycles. The molecular weight excluding hydrogens is 192 g/mol. The van der Waals surface area contributed by atoms with Crippen LogP contribution in [0, 0.1) is 0 Å². The summed E-state index contributed by atoms with van der Waals surface area (Å²) in [5, 5.41) is 0.194. The molecule has 10 heavy (non-hydrogen) atoms. The molecule has 0 aromatic carbocycles. The Hall–Kier alpha value is 0.570. The van der Waals surface area contributed by atoms with Crippen molar-refractivity contribution in [1.29, 1.82) is 0 Å². The van der Waals surface area contributed by atoms with Crippen LogP contribution in [0.25, 0.3) is 0 Å². The van der Waals surface area contributed by atoms with E-state index in [9.17, 15) is 0 Å². The maximum absolute atomic E-state index is 4.76. The van der Waals surface area contributed by atoms with Crippen LogP contribution in [0.15, 0.2) is 12.7 Å². The zero-order valence-electron chi connectivity index (χ0n) is 6.31. The van der Waals surface area contributed by atoms with Crippen molar-refractivity contribution < 1.29 is 0 Å². The van der Waals surface area contributed by atoms with Gasteiger partial charge in [-0.3, -0.25) is 0 Å². The average Bonchev–Trinajstić information content (AvgIpc) is 1.67. The first-order valence-corrected chi connectivity index (χ1v) is 3.63. The molecule has 0 saturated heterocycles. The minimum Gasteiger partial charge on any atom is -0.306 e. The number of rotatable bonds is 2. The van der Waals surface area contributed by atoms with Gasteiger partial charge in [-0.05, 0) is 14.1 Å². The SMILES string of the molecule is C=CCN(C)C.Cl.ClCCl. The van der Waals surface area contributed by atoms with Crippen LogP contribution >= 0.6 is 35.6 Å². The van der Waals surface area contributed by atoms with Crippen molar-refractivity contribution in [3.8, 4) is 0 Å². The second kappa shape index (κ2) is 16.3. The fourth-order valence-electron chi connectivity index (χ4n) is 0.258. The Kier molecular flexibility index (Phi) is 27.5. The van der Waals surface area contributed by atoms with Crippen molar-refractivity contribution in [3.05, 3.63) is 12.7 Å². The molecule has 0 spiro atoms. The van der Waals surface area contributed by atoms with E-state index in [0.29, 0.717) is 0 Å². The van der Waals surface area contributed by atoms with Crippen LogP contribution in [0.1, 0.15) is 0 Å². The highest BCUT2D eigenvalue weighted by molar-refractivity contribution is 6.40. The molecule has 0 unspecified atom stereocenters. The quantitative estimate of drug-likeness (QED) is 0.496. The predicted octanol–water partition coefficient (Wildman–Crippen LogP) is 2.58. The third kappa shape index (κ3) is 38.5. The molecule has 0 heterocycles. The number of nitrogens with zero attached hydrogens (tertiary/aromatic N) is 1. The Morgan fingerprint density at radius 3 is 1.70 bits per heavy atom. The van der Waals surface area contributed by atoms with Crippen LogP contribution in [0.5, 0.6) is 0 Å². The number of hydrogen-bond donors (Lipinski definition) is 0. The molecule has 0 bridgehead atoms. The zero-order chi connectivity index (χ0) is 7.70. The van der Waals surface area contributed by atoms with Gasteiger partial charge in [-0.15, -0.1) is 42.2 Å². The normalized spacial score (nSPS) is 7.30. The minimum absolute atomic E-state index is 0. The largest absolute Gasteiger partial charge is 0.306 e. The van der Waals surface area contributed by atoms with Crippen molar-refractivity contribution in [3.63, 3.8) is 0 Å². The van der Waals surface area contributed by atoms with E-state index < -0.39 is 0 Å². The molecule has 0 fully saturated rings. The van der Waals surface area contributed by atoms with Gasteiger partial charge in [0.2, 0.25) is 0 Å². The second-order valence-electron chi connectivity index (χ2n) is 1.65. The molecule has 0 aromatic rings. The Bertz CT molecular complexity index is 57.0. The van der Waals surface area contributed by atoms with Gasteiger partial charge in [-0.2, -0.15) is 0 Å². The third-order valence-electron chi connectivity index (χ3n) is 0.494. The number of alkyl halides is 2. The Labute approximate surface area is 79.4 Å². The van der Waals surface area contributed by atoms with Crippen LogP contribution < -0.4 is 0 Å². The van der Waals surface area contributed by atoms with Crippen molar-refractivity contribution >= 4 is 35.6 Å². The van der Waals surface area contributed by atoms with Gasteiger partial charge < -0.3 is 4.90 Å². The first-order valence-electron chi connectivity index (χ1n) is 2.56. The van der Waals surface area contributed by atoms with Gasteiger partial charge in [0, 0.05) is 6.54 Å². The van der Waals surface area contributed by atoms with Crippen LogP contribution in [-0.2, 0) is 0 Å². The molecule has 0 rings (SSSR count). The van der Waals surface area contributed by atoms with E-state index in [2.05, 4.69) is 11.5 Å². The Morgan fingerprint density at radius 2 is 1.70 bits per heavy atom. The van der Waals surface area contributed by atoms with E-state index in [1.807, 2.05) is 20.2 Å². The summed E-state index contributed by atoms with van der Waals surface area (Å²) >= 11 is 9.53. The maximum Gasteiger partial charge on any atom is 0.0967 e. The first kappa shape index (κ1) is 16.9. The van der Waals surface area contributed by atoms with Crippen LogP contribution in [0.4, 0.5) is 0 Å². The van der Waals surface area contributed by atoms with Gasteiger partial charge in [0.1, 0.15) is 0 Å². The van der Waals surface area contributed by atoms with Crippen molar-refractivity contribution in [2.24, 2.45) is 0 Å². The minimum atomic E-state index is 0. The van der Waals surface area contributed by atoms with Crippen molar-refractivity contribution in [1.82, 2.24) is 4.90 Å². The summed E-state index contributed by atoms with van der Waals surface area (Å²) in [5.41, 5.74) is 0. The van der Waals surface area contributed by atoms with E-state index in [4.69, 9.17) is 23.2 Å². The fraction of sp³-hybridized carbons (Fsp3) is 0.667. The molecule has 0 amide bonds. The van der Waals surface area contributed by atoms with E-state index >= 15 is 0 Å². The molecular formula is C6H14Cl3N. The van der Waals surface area contributed by atoms with Crippen LogP contribution in [0.2, 0.25) is 0 Å². The smallest absolute Gasteiger partial charge is 0.0967 e. The Morgan fingerprint density at radius 1 is 1.40 bits per heavy atom. The van der Waals surface area contributed by atoms with Crippen LogP contribution in [0.3, 0.4) is 0 Å². The van der Waals surface area contributed by atoms with Crippen LogP contribution in [-0.4, -0.2) is 30.9 Å². The number of hydrogen-bond acceptors (Lipinski definition) is 1. The van der Waals surface area contributed by atoms with E-state index in [1.54, 1.807) is 0 Å². The Balaban J connectivity index is -0.000000107. The fourth-order valence-corrected chi connectivity index (χ4v) is 0.258. The molecule has 0 N–H and O–H groups in total. The van der Waals surface area contributed by atoms with Gasteiger partial charge in [0.25, 0.3) is 0 Å². The van der Waals surface area contributed by atoms with E-state index in [0.717, 1.165) is 6.54 Å². The number of halogens is 3. The van der Waals surface area contributed by atoms with E-state index in [1.165, 1.54) is 0 Å². The lowest BCUT2D eigenvalue weighted by Crippen LogP contribution is -2.09. The van der Waals surface area contributed by atoms with Gasteiger partial charge >= 0.3 is 0 Å². The molecule has 64 valence electrons. The second-order valence-corrected chi connectivity index (χ2v) is 2.46. The summed E-state index contributed by atoms with van der Waals surface area (Å²) in [5.74, 6) is 0. The summed E-state index contributed by atoms with van der Waals surface area (Å²) in [6, 6.07) is 0. The van der Waals surface area contributed by atoms with E-state index in [-0.39, 0.29) is 17.7 Å². The average molecular weight is 207 g/mol. The zero-order valence-corrected chi connectivity index (χ0v) is 8.64. The molecule has 0 saturated carbocycles. The lowest BCUT2D eigenvalue weighted by atomic mass is 10.6. The summed E-state index contributed by atoms with van der Waals surface area (Å²) in [6.07, 6.45) is 1.88. The lowest BCUT2D eigenvalue weighted by molar-refractivity contribution is 0.457. The lowest BCUT2D eigenvalue weighted by Gasteiger charge is -2.01. The standard InChI is InChI=1S/C5H11N.CH2Cl2.ClH/c1-4-5-6(2)3;2-1-3;/h4H,1,5H2,2-3H3;1H2;1H. The first-order chi connectivity index (χ1) is 4.18. The summed E-state index contributed by atoms with van der Waals surface area (Å²) in [6.45, 7) is 4.53. The third-order valence-corrected chi connectivity index (χ3v) is 0.494. The van der Waals surface area contributed by atoms with Gasteiger partial charge in [-0.25, -0.2) is 0 Å². The predicted molar refractivity (Wildman–Crippen MR) is 52.6 cm³/mol. The van der Waals surface area contributed by atoms with Gasteiger partial charge in [-0.1, -0.05) is 6.08 Å². The summed E-state index contributed by atoms with van der Waals surface area (Å²) in [4.78, 5) is 2.06. The molecule has 0 aromatic heterocycles. The molecule has 0 radical (unpaired) electrons. The van der Waals surface area contributed by atoms with Crippen molar-refractivity contribution in [2.75, 3.05) is 26.0 Å². The summed E-state index contributed by atoms with van der Waals surface area (Å²) < 4.78 is 0. The molecule has 1 nitrogen and oxygen atoms in total. The summed E-state index contributed by atoms with van der Waals surface area (Å²) in [7, 11) is 4.03. The topological polar surface area (TPSA) is 3.24 Å². The highest BCUT2D eigenvalue weighted by Gasteiger charge is 1.75. The molecule has 0 atom stereocenters. The highest BCUT2D eigenvalue weighted by atomic mass is 35.5. The number of likely N-dealkylation sites (N-methyl/N-ethyl adjacent to an activating group) is 1. The van der Waals surface area contributed by atoms with Gasteiger partial charge in [0.15, 0.2) is 0 Å². The molecule has 0 aliphatic rings. The van der Waals surface area contributed by atoms with Gasteiger partial charge in [0.05, 0.1) is 5.34 Å². The molecule has 4 heteroatoms. The monoisotopic (exact) mass is 205 g/mol. The van der Waals surface area contributed by atoms with Crippen molar-refractivity contribution in [2.45, 2.75) is 0 Å². The highest BCUT2D eigenvalue weighted by Crippen LogP contribution is 1.73. The maximum atomic E-state index is 4.76.